The molecule has 0 aliphatic rings. The minimum atomic E-state index is -3.85. The summed E-state index contributed by atoms with van der Waals surface area (Å²) < 4.78 is 29.1. The van der Waals surface area contributed by atoms with Crippen LogP contribution in [0.25, 0.3) is 0 Å². The third kappa shape index (κ3) is 5.19. The first kappa shape index (κ1) is 15.3. The average molecular weight is 284 g/mol. The molecule has 1 rings (SSSR count). The largest absolute Gasteiger partial charge is 0.478 e. The summed E-state index contributed by atoms with van der Waals surface area (Å²) in [5, 5.41) is 8.95. The Morgan fingerprint density at radius 3 is 2.42 bits per heavy atom. The third-order valence-electron chi connectivity index (χ3n) is 1.96. The SMILES string of the molecule is CC(C)(C)NS(=O)(=O)N=Cc1ccccc1C(=O)O. The van der Waals surface area contributed by atoms with E-state index in [1.807, 2.05) is 0 Å². The quantitative estimate of drug-likeness (QED) is 0.818. The van der Waals surface area contributed by atoms with Crippen molar-refractivity contribution in [1.82, 2.24) is 4.72 Å². The highest BCUT2D eigenvalue weighted by molar-refractivity contribution is 7.88. The van der Waals surface area contributed by atoms with Crippen molar-refractivity contribution in [1.29, 1.82) is 0 Å². The lowest BCUT2D eigenvalue weighted by atomic mass is 10.1. The summed E-state index contributed by atoms with van der Waals surface area (Å²) >= 11 is 0. The van der Waals surface area contributed by atoms with Gasteiger partial charge in [0.2, 0.25) is 0 Å². The summed E-state index contributed by atoms with van der Waals surface area (Å²) in [5.74, 6) is -1.14. The molecule has 0 bridgehead atoms. The third-order valence-corrected chi connectivity index (χ3v) is 3.21. The lowest BCUT2D eigenvalue weighted by Crippen LogP contribution is -2.39. The summed E-state index contributed by atoms with van der Waals surface area (Å²) in [5.41, 5.74) is -0.422. The van der Waals surface area contributed by atoms with Crippen LogP contribution in [0.1, 0.15) is 36.7 Å². The summed E-state index contributed by atoms with van der Waals surface area (Å²) in [6.45, 7) is 5.06. The van der Waals surface area contributed by atoms with E-state index in [2.05, 4.69) is 9.12 Å². The molecule has 0 aromatic heterocycles. The van der Waals surface area contributed by atoms with Crippen LogP contribution in [0.4, 0.5) is 0 Å². The van der Waals surface area contributed by atoms with Gasteiger partial charge in [-0.3, -0.25) is 0 Å². The van der Waals surface area contributed by atoms with E-state index in [0.29, 0.717) is 0 Å². The normalized spacial score (nSPS) is 12.8. The van der Waals surface area contributed by atoms with Crippen LogP contribution in [0.2, 0.25) is 0 Å². The van der Waals surface area contributed by atoms with Gasteiger partial charge in [0.1, 0.15) is 0 Å². The maximum absolute atomic E-state index is 11.6. The predicted octanol–water partition coefficient (Wildman–Crippen LogP) is 1.44. The summed E-state index contributed by atoms with van der Waals surface area (Å²) in [7, 11) is -3.85. The van der Waals surface area contributed by atoms with E-state index in [-0.39, 0.29) is 11.1 Å². The Kier molecular flexibility index (Phi) is 4.43. The van der Waals surface area contributed by atoms with Crippen LogP contribution < -0.4 is 4.72 Å². The van der Waals surface area contributed by atoms with E-state index in [1.165, 1.54) is 12.1 Å². The molecule has 2 N–H and O–H groups in total. The molecule has 0 heterocycles. The van der Waals surface area contributed by atoms with E-state index < -0.39 is 21.7 Å². The molecule has 0 radical (unpaired) electrons. The van der Waals surface area contributed by atoms with Crippen LogP contribution in [-0.4, -0.2) is 31.2 Å². The van der Waals surface area contributed by atoms with Crippen LogP contribution in [0, 0.1) is 0 Å². The molecular formula is C12H16N2O4S. The summed E-state index contributed by atoms with van der Waals surface area (Å²) in [6, 6.07) is 6.04. The highest BCUT2D eigenvalue weighted by atomic mass is 32.2. The van der Waals surface area contributed by atoms with Gasteiger partial charge < -0.3 is 5.11 Å². The first-order valence-corrected chi connectivity index (χ1v) is 6.96. The zero-order valence-electron chi connectivity index (χ0n) is 10.9. The first-order valence-electron chi connectivity index (χ1n) is 5.52. The van der Waals surface area contributed by atoms with Crippen molar-refractivity contribution < 1.29 is 18.3 Å². The van der Waals surface area contributed by atoms with E-state index in [4.69, 9.17) is 5.11 Å². The Morgan fingerprint density at radius 1 is 1.32 bits per heavy atom. The molecule has 0 spiro atoms. The van der Waals surface area contributed by atoms with Crippen LogP contribution in [-0.2, 0) is 10.2 Å². The highest BCUT2D eigenvalue weighted by Gasteiger charge is 2.18. The molecule has 6 nitrogen and oxygen atoms in total. The summed E-state index contributed by atoms with van der Waals surface area (Å²) in [6.07, 6.45) is 1.03. The maximum Gasteiger partial charge on any atom is 0.336 e. The van der Waals surface area contributed by atoms with Crippen molar-refractivity contribution in [2.45, 2.75) is 26.3 Å². The smallest absolute Gasteiger partial charge is 0.336 e. The molecule has 19 heavy (non-hydrogen) atoms. The predicted molar refractivity (Wildman–Crippen MR) is 72.8 cm³/mol. The van der Waals surface area contributed by atoms with Gasteiger partial charge in [0.25, 0.3) is 0 Å². The van der Waals surface area contributed by atoms with Gasteiger partial charge in [0.15, 0.2) is 0 Å². The van der Waals surface area contributed by atoms with Crippen LogP contribution in [0.3, 0.4) is 0 Å². The number of carboxylic acid groups (broad SMARTS) is 1. The molecule has 0 unspecified atom stereocenters. The number of aromatic carboxylic acids is 1. The van der Waals surface area contributed by atoms with Crippen molar-refractivity contribution in [2.75, 3.05) is 0 Å². The second-order valence-corrected chi connectivity index (χ2v) is 6.32. The van der Waals surface area contributed by atoms with Crippen LogP contribution >= 0.6 is 0 Å². The number of hydrogen-bond acceptors (Lipinski definition) is 3. The Labute approximate surface area is 112 Å². The maximum atomic E-state index is 11.6. The van der Waals surface area contributed by atoms with Gasteiger partial charge in [-0.1, -0.05) is 18.2 Å². The minimum absolute atomic E-state index is 0.00258. The summed E-state index contributed by atoms with van der Waals surface area (Å²) in [4.78, 5) is 10.9. The van der Waals surface area contributed by atoms with Crippen molar-refractivity contribution in [2.24, 2.45) is 4.40 Å². The van der Waals surface area contributed by atoms with Crippen molar-refractivity contribution in [3.63, 3.8) is 0 Å². The van der Waals surface area contributed by atoms with E-state index >= 15 is 0 Å². The van der Waals surface area contributed by atoms with Gasteiger partial charge in [-0.15, -0.1) is 0 Å². The van der Waals surface area contributed by atoms with Crippen molar-refractivity contribution >= 4 is 22.4 Å². The van der Waals surface area contributed by atoms with Crippen LogP contribution in [0.15, 0.2) is 28.7 Å². The molecule has 0 aliphatic heterocycles. The zero-order valence-corrected chi connectivity index (χ0v) is 11.7. The molecule has 7 heteroatoms. The Morgan fingerprint density at radius 2 is 1.89 bits per heavy atom. The van der Waals surface area contributed by atoms with E-state index in [9.17, 15) is 13.2 Å². The monoisotopic (exact) mass is 284 g/mol. The number of nitrogens with one attached hydrogen (secondary N) is 1. The molecule has 0 amide bonds. The minimum Gasteiger partial charge on any atom is -0.478 e. The standard InChI is InChI=1S/C12H16N2O4S/c1-12(2,3)14-19(17,18)13-8-9-6-4-5-7-10(9)11(15)16/h4-8,14H,1-3H3,(H,15,16). The molecule has 104 valence electrons. The molecular weight excluding hydrogens is 268 g/mol. The lowest BCUT2D eigenvalue weighted by Gasteiger charge is -2.17. The Balaban J connectivity index is 3.03. The second kappa shape index (κ2) is 5.50. The fraction of sp³-hybridized carbons (Fsp3) is 0.333. The van der Waals surface area contributed by atoms with Gasteiger partial charge in [0, 0.05) is 17.3 Å². The Bertz CT molecular complexity index is 600. The van der Waals surface area contributed by atoms with E-state index in [1.54, 1.807) is 32.9 Å². The molecule has 0 atom stereocenters. The zero-order chi connectivity index (χ0) is 14.7. The molecule has 0 saturated carbocycles. The van der Waals surface area contributed by atoms with Gasteiger partial charge in [-0.25, -0.2) is 4.79 Å². The van der Waals surface area contributed by atoms with Gasteiger partial charge in [-0.05, 0) is 26.8 Å². The molecule has 1 aromatic rings. The molecule has 0 fully saturated rings. The average Bonchev–Trinajstić information content (AvgIpc) is 2.23. The number of nitrogens with zero attached hydrogens (tertiary/aromatic N) is 1. The van der Waals surface area contributed by atoms with Crippen LogP contribution in [0.5, 0.6) is 0 Å². The van der Waals surface area contributed by atoms with Crippen molar-refractivity contribution in [3.8, 4) is 0 Å². The molecule has 0 saturated heterocycles. The number of carbonyl (C=O) groups is 1. The second-order valence-electron chi connectivity index (χ2n) is 4.95. The number of carboxylic acids is 1. The van der Waals surface area contributed by atoms with Gasteiger partial charge in [0.05, 0.1) is 5.56 Å². The van der Waals surface area contributed by atoms with Gasteiger partial charge in [-0.2, -0.15) is 17.5 Å². The fourth-order valence-corrected chi connectivity index (χ4v) is 2.42. The highest BCUT2D eigenvalue weighted by Crippen LogP contribution is 2.08. The van der Waals surface area contributed by atoms with Gasteiger partial charge >= 0.3 is 16.2 Å². The number of hydrogen-bond donors (Lipinski definition) is 2. The molecule has 1 aromatic carbocycles. The topological polar surface area (TPSA) is 95.8 Å². The van der Waals surface area contributed by atoms with Crippen molar-refractivity contribution in [3.05, 3.63) is 35.4 Å². The number of rotatable bonds is 4. The number of benzene rings is 1. The first-order chi connectivity index (χ1) is 8.61. The van der Waals surface area contributed by atoms with E-state index in [0.717, 1.165) is 6.21 Å². The Hall–Kier alpha value is -1.73. The molecule has 0 aliphatic carbocycles. The lowest BCUT2D eigenvalue weighted by molar-refractivity contribution is 0.0696. The fourth-order valence-electron chi connectivity index (χ4n) is 1.34.